The lowest BCUT2D eigenvalue weighted by Crippen LogP contribution is -2.45. The van der Waals surface area contributed by atoms with E-state index in [9.17, 15) is 9.59 Å². The molecule has 3 amide bonds. The van der Waals surface area contributed by atoms with E-state index in [2.05, 4.69) is 0 Å². The summed E-state index contributed by atoms with van der Waals surface area (Å²) in [7, 11) is 0. The minimum atomic E-state index is -0.517. The van der Waals surface area contributed by atoms with Gasteiger partial charge in [0.25, 0.3) is 5.91 Å². The number of carbonyl (C=O) groups excluding carboxylic acids is 2. The minimum Gasteiger partial charge on any atom is -0.377 e. The summed E-state index contributed by atoms with van der Waals surface area (Å²) in [5, 5.41) is 8.74. The second-order valence-electron chi connectivity index (χ2n) is 4.40. The Labute approximate surface area is 109 Å². The van der Waals surface area contributed by atoms with Crippen molar-refractivity contribution in [3.63, 3.8) is 0 Å². The third-order valence-electron chi connectivity index (χ3n) is 3.33. The van der Waals surface area contributed by atoms with Crippen molar-refractivity contribution in [2.45, 2.75) is 6.04 Å². The maximum Gasteiger partial charge on any atom is 0.332 e. The second kappa shape index (κ2) is 4.37. The lowest BCUT2D eigenvalue weighted by Gasteiger charge is -2.26. The van der Waals surface area contributed by atoms with E-state index in [4.69, 9.17) is 10.00 Å². The number of urea groups is 1. The molecule has 2 heterocycles. The number of hydrogen-bond acceptors (Lipinski definition) is 4. The van der Waals surface area contributed by atoms with Crippen LogP contribution in [0.3, 0.4) is 0 Å². The molecule has 2 aliphatic heterocycles. The van der Waals surface area contributed by atoms with Crippen molar-refractivity contribution in [2.24, 2.45) is 0 Å². The molecule has 19 heavy (non-hydrogen) atoms. The van der Waals surface area contributed by atoms with Crippen LogP contribution in [0.4, 0.5) is 10.5 Å². The molecule has 2 aliphatic rings. The first-order valence-corrected chi connectivity index (χ1v) is 5.95. The van der Waals surface area contributed by atoms with Crippen LogP contribution in [0.15, 0.2) is 24.3 Å². The number of imide groups is 1. The predicted molar refractivity (Wildman–Crippen MR) is 65.4 cm³/mol. The SMILES string of the molecule is N#Cc1ccc(N2C(=O)C3COCCN3C2=O)cc1. The van der Waals surface area contributed by atoms with Gasteiger partial charge in [-0.2, -0.15) is 5.26 Å². The monoisotopic (exact) mass is 257 g/mol. The number of fused-ring (bicyclic) bond motifs is 1. The van der Waals surface area contributed by atoms with Gasteiger partial charge in [0.15, 0.2) is 0 Å². The summed E-state index contributed by atoms with van der Waals surface area (Å²) in [6, 6.07) is 7.55. The number of benzene rings is 1. The number of anilines is 1. The molecule has 0 aliphatic carbocycles. The second-order valence-corrected chi connectivity index (χ2v) is 4.40. The van der Waals surface area contributed by atoms with E-state index >= 15 is 0 Å². The molecule has 0 spiro atoms. The highest BCUT2D eigenvalue weighted by molar-refractivity contribution is 6.21. The Morgan fingerprint density at radius 1 is 1.26 bits per heavy atom. The zero-order valence-corrected chi connectivity index (χ0v) is 10.1. The van der Waals surface area contributed by atoms with Crippen LogP contribution in [0.2, 0.25) is 0 Å². The van der Waals surface area contributed by atoms with Crippen LogP contribution < -0.4 is 4.90 Å². The number of rotatable bonds is 1. The molecule has 1 aromatic rings. The van der Waals surface area contributed by atoms with Crippen molar-refractivity contribution in [1.29, 1.82) is 5.26 Å². The molecule has 0 aromatic heterocycles. The zero-order chi connectivity index (χ0) is 13.4. The topological polar surface area (TPSA) is 73.6 Å². The molecule has 96 valence electrons. The quantitative estimate of drug-likeness (QED) is 0.695. The van der Waals surface area contributed by atoms with E-state index in [0.29, 0.717) is 24.4 Å². The van der Waals surface area contributed by atoms with Gasteiger partial charge < -0.3 is 9.64 Å². The molecular formula is C13H11N3O3. The number of nitrogens with zero attached hydrogens (tertiary/aromatic N) is 3. The number of amides is 3. The summed E-state index contributed by atoms with van der Waals surface area (Å²) in [4.78, 5) is 27.1. The van der Waals surface area contributed by atoms with Crippen LogP contribution in [0, 0.1) is 11.3 Å². The summed E-state index contributed by atoms with van der Waals surface area (Å²) in [6.07, 6.45) is 0. The lowest BCUT2D eigenvalue weighted by atomic mass is 10.2. The summed E-state index contributed by atoms with van der Waals surface area (Å²) in [5.41, 5.74) is 0.979. The fourth-order valence-electron chi connectivity index (χ4n) is 2.33. The Balaban J connectivity index is 1.93. The predicted octanol–water partition coefficient (Wildman–Crippen LogP) is 0.726. The molecule has 6 heteroatoms. The fraction of sp³-hybridized carbons (Fsp3) is 0.308. The molecule has 1 atom stereocenters. The van der Waals surface area contributed by atoms with Crippen LogP contribution >= 0.6 is 0 Å². The molecule has 2 fully saturated rings. The first-order chi connectivity index (χ1) is 9.22. The molecule has 0 N–H and O–H groups in total. The molecule has 6 nitrogen and oxygen atoms in total. The van der Waals surface area contributed by atoms with Gasteiger partial charge in [0.1, 0.15) is 6.04 Å². The first-order valence-electron chi connectivity index (χ1n) is 5.95. The lowest BCUT2D eigenvalue weighted by molar-refractivity contribution is -0.123. The van der Waals surface area contributed by atoms with Crippen LogP contribution in [0.1, 0.15) is 5.56 Å². The molecule has 0 bridgehead atoms. The van der Waals surface area contributed by atoms with E-state index in [-0.39, 0.29) is 18.5 Å². The molecule has 2 saturated heterocycles. The van der Waals surface area contributed by atoms with Crippen LogP contribution in [0.25, 0.3) is 0 Å². The zero-order valence-electron chi connectivity index (χ0n) is 10.1. The third-order valence-corrected chi connectivity index (χ3v) is 3.33. The van der Waals surface area contributed by atoms with Crippen molar-refractivity contribution in [1.82, 2.24) is 4.90 Å². The summed E-state index contributed by atoms with van der Waals surface area (Å²) in [6.45, 7) is 1.14. The van der Waals surface area contributed by atoms with Gasteiger partial charge in [0.2, 0.25) is 0 Å². The Bertz CT molecular complexity index is 552. The summed E-state index contributed by atoms with van der Waals surface area (Å²) in [5.74, 6) is -0.269. The Morgan fingerprint density at radius 2 is 2.00 bits per heavy atom. The highest BCUT2D eigenvalue weighted by Crippen LogP contribution is 2.26. The third kappa shape index (κ3) is 1.75. The standard InChI is InChI=1S/C13H11N3O3/c14-7-9-1-3-10(4-2-9)16-12(17)11-8-19-6-5-15(11)13(16)18/h1-4,11H,5-6,8H2. The van der Waals surface area contributed by atoms with Crippen molar-refractivity contribution < 1.29 is 14.3 Å². The Morgan fingerprint density at radius 3 is 2.63 bits per heavy atom. The number of carbonyl (C=O) groups is 2. The minimum absolute atomic E-state index is 0.247. The number of hydrogen-bond donors (Lipinski definition) is 0. The maximum absolute atomic E-state index is 12.2. The largest absolute Gasteiger partial charge is 0.377 e. The van der Waals surface area contributed by atoms with E-state index < -0.39 is 6.04 Å². The van der Waals surface area contributed by atoms with E-state index in [0.717, 1.165) is 4.90 Å². The van der Waals surface area contributed by atoms with Gasteiger partial charge in [-0.3, -0.25) is 4.79 Å². The molecule has 1 aromatic carbocycles. The van der Waals surface area contributed by atoms with Gasteiger partial charge in [0.05, 0.1) is 30.5 Å². The van der Waals surface area contributed by atoms with Gasteiger partial charge in [-0.1, -0.05) is 0 Å². The van der Waals surface area contributed by atoms with Crippen molar-refractivity contribution in [3.8, 4) is 6.07 Å². The Hall–Kier alpha value is -2.39. The highest BCUT2D eigenvalue weighted by Gasteiger charge is 2.47. The van der Waals surface area contributed by atoms with Gasteiger partial charge >= 0.3 is 6.03 Å². The molecule has 0 radical (unpaired) electrons. The molecular weight excluding hydrogens is 246 g/mol. The van der Waals surface area contributed by atoms with Gasteiger partial charge in [-0.05, 0) is 24.3 Å². The van der Waals surface area contributed by atoms with Crippen LogP contribution in [-0.2, 0) is 9.53 Å². The van der Waals surface area contributed by atoms with Gasteiger partial charge in [-0.25, -0.2) is 9.69 Å². The average Bonchev–Trinajstić information content (AvgIpc) is 2.72. The fourth-order valence-corrected chi connectivity index (χ4v) is 2.33. The highest BCUT2D eigenvalue weighted by atomic mass is 16.5. The maximum atomic E-state index is 12.2. The van der Waals surface area contributed by atoms with E-state index in [1.165, 1.54) is 4.90 Å². The van der Waals surface area contributed by atoms with Gasteiger partial charge in [0, 0.05) is 6.54 Å². The smallest absolute Gasteiger partial charge is 0.332 e. The summed E-state index contributed by atoms with van der Waals surface area (Å²) >= 11 is 0. The van der Waals surface area contributed by atoms with E-state index in [1.807, 2.05) is 6.07 Å². The first kappa shape index (κ1) is 11.7. The Kier molecular flexibility index (Phi) is 2.69. The van der Waals surface area contributed by atoms with Crippen molar-refractivity contribution >= 4 is 17.6 Å². The summed E-state index contributed by atoms with van der Waals surface area (Å²) < 4.78 is 5.24. The molecule has 1 unspecified atom stereocenters. The number of nitriles is 1. The number of ether oxygens (including phenoxy) is 1. The molecule has 3 rings (SSSR count). The van der Waals surface area contributed by atoms with Crippen molar-refractivity contribution in [3.05, 3.63) is 29.8 Å². The van der Waals surface area contributed by atoms with Crippen molar-refractivity contribution in [2.75, 3.05) is 24.7 Å². The van der Waals surface area contributed by atoms with E-state index in [1.54, 1.807) is 24.3 Å². The van der Waals surface area contributed by atoms with Crippen LogP contribution in [0.5, 0.6) is 0 Å². The normalized spacial score (nSPS) is 22.4. The van der Waals surface area contributed by atoms with Gasteiger partial charge in [-0.15, -0.1) is 0 Å². The number of morpholine rings is 1. The average molecular weight is 257 g/mol. The van der Waals surface area contributed by atoms with Crippen LogP contribution in [-0.4, -0.2) is 42.6 Å². The molecule has 0 saturated carbocycles.